The van der Waals surface area contributed by atoms with Crippen molar-refractivity contribution in [3.63, 3.8) is 0 Å². The van der Waals surface area contributed by atoms with E-state index in [1.807, 2.05) is 90.3 Å². The Morgan fingerprint density at radius 3 is 2.17 bits per heavy atom. The van der Waals surface area contributed by atoms with Gasteiger partial charge in [0.05, 0.1) is 65.4 Å². The Kier molecular flexibility index (Phi) is 13.4. The van der Waals surface area contributed by atoms with Crippen LogP contribution < -0.4 is 9.47 Å². The SMILES string of the molecule is COc1ccc(C(OC[C@@]23CO[C@@H]([C@H](n4cnc5cnc(/N=C/N(C)C)nc54)O2)[C@@H]3OP(OCCC#N)N(C(C)C)C(C)C)(c2ccccc2)c2ccc(OC)cc2)cc1. The van der Waals surface area contributed by atoms with E-state index in [1.54, 1.807) is 33.1 Å². The van der Waals surface area contributed by atoms with Crippen LogP contribution in [0.3, 0.4) is 0 Å². The maximum absolute atomic E-state index is 9.47. The summed E-state index contributed by atoms with van der Waals surface area (Å²) in [4.78, 5) is 20.1. The second-order valence-corrected chi connectivity index (χ2v) is 16.9. The molecule has 4 heterocycles. The molecule has 2 fully saturated rings. The Morgan fingerprint density at radius 2 is 1.58 bits per heavy atom. The van der Waals surface area contributed by atoms with Crippen LogP contribution in [-0.4, -0.2) is 113 Å². The highest BCUT2D eigenvalue weighted by molar-refractivity contribution is 7.44. The molecular weight excluding hydrogens is 784 g/mol. The second-order valence-electron chi connectivity index (χ2n) is 15.5. The van der Waals surface area contributed by atoms with Crippen molar-refractivity contribution in [1.82, 2.24) is 29.1 Å². The van der Waals surface area contributed by atoms with Crippen molar-refractivity contribution in [1.29, 1.82) is 5.26 Å². The van der Waals surface area contributed by atoms with E-state index in [1.165, 1.54) is 0 Å². The largest absolute Gasteiger partial charge is 0.497 e. The van der Waals surface area contributed by atoms with Gasteiger partial charge >= 0.3 is 0 Å². The number of aromatic nitrogens is 4. The average Bonchev–Trinajstić information content (AvgIpc) is 3.93. The van der Waals surface area contributed by atoms with Crippen molar-refractivity contribution >= 4 is 32.0 Å². The number of rotatable bonds is 19. The number of hydrogen-bond donors (Lipinski definition) is 0. The molecule has 0 amide bonds. The van der Waals surface area contributed by atoms with Crippen LogP contribution >= 0.6 is 8.53 Å². The van der Waals surface area contributed by atoms with Crippen LogP contribution in [0, 0.1) is 11.3 Å². The topological polar surface area (TPSA) is 151 Å². The monoisotopic (exact) mass is 836 g/mol. The number of nitriles is 1. The van der Waals surface area contributed by atoms with Gasteiger partial charge in [0.25, 0.3) is 14.5 Å². The van der Waals surface area contributed by atoms with Crippen LogP contribution in [0.4, 0.5) is 5.95 Å². The van der Waals surface area contributed by atoms with Gasteiger partial charge in [-0.15, -0.1) is 0 Å². The molecule has 15 nitrogen and oxygen atoms in total. The second kappa shape index (κ2) is 18.7. The highest BCUT2D eigenvalue weighted by atomic mass is 31.2. The van der Waals surface area contributed by atoms with Gasteiger partial charge in [-0.05, 0) is 68.7 Å². The Balaban J connectivity index is 1.36. The van der Waals surface area contributed by atoms with E-state index in [2.05, 4.69) is 65.5 Å². The Morgan fingerprint density at radius 1 is 0.950 bits per heavy atom. The quantitative estimate of drug-likeness (QED) is 0.0267. The van der Waals surface area contributed by atoms with Crippen LogP contribution in [0.1, 0.15) is 57.0 Å². The van der Waals surface area contributed by atoms with E-state index in [0.29, 0.717) is 22.7 Å². The molecule has 16 heteroatoms. The zero-order valence-corrected chi connectivity index (χ0v) is 36.2. The van der Waals surface area contributed by atoms with Gasteiger partial charge in [-0.1, -0.05) is 54.6 Å². The molecule has 0 N–H and O–H groups in total. The molecule has 1 unspecified atom stereocenters. The third-order valence-electron chi connectivity index (χ3n) is 10.5. The molecule has 0 saturated carbocycles. The van der Waals surface area contributed by atoms with Crippen molar-refractivity contribution in [2.75, 3.05) is 48.1 Å². The van der Waals surface area contributed by atoms with E-state index in [4.69, 9.17) is 37.7 Å². The molecule has 2 bridgehead atoms. The molecule has 316 valence electrons. The average molecular weight is 837 g/mol. The number of methoxy groups -OCH3 is 2. The number of nitrogens with zero attached hydrogens (tertiary/aromatic N) is 8. The number of imidazole rings is 1. The summed E-state index contributed by atoms with van der Waals surface area (Å²) in [7, 11) is 5.34. The lowest BCUT2D eigenvalue weighted by molar-refractivity contribution is -0.202. The minimum Gasteiger partial charge on any atom is -0.497 e. The van der Waals surface area contributed by atoms with Gasteiger partial charge in [0, 0.05) is 26.2 Å². The van der Waals surface area contributed by atoms with Crippen LogP contribution in [-0.2, 0) is 28.9 Å². The van der Waals surface area contributed by atoms with Crippen molar-refractivity contribution in [2.24, 2.45) is 4.99 Å². The molecule has 2 aliphatic heterocycles. The standard InChI is InChI=1S/C44H53N8O7P/c1-30(2)52(31(3)4)60(57-24-12-23-45)59-39-38-41(51-29-47-37-25-46-42(49-40(37)51)48-28-50(5)6)58-43(39,26-55-38)27-56-44(32-13-10-9-11-14-32,33-15-19-35(53-7)20-16-33)34-17-21-36(54-8)22-18-34/h9-11,13-22,25,28-31,38-39,41H,12,24,26-27H2,1-8H3/b48-28+/t38-,39+,41-,43-,60?/m1/s1. The third kappa shape index (κ3) is 8.60. The summed E-state index contributed by atoms with van der Waals surface area (Å²) in [5, 5.41) is 9.47. The van der Waals surface area contributed by atoms with Gasteiger partial charge in [-0.25, -0.2) is 19.6 Å². The maximum atomic E-state index is 9.47. The van der Waals surface area contributed by atoms with Crippen LogP contribution in [0.15, 0.2) is 96.4 Å². The summed E-state index contributed by atoms with van der Waals surface area (Å²) in [6.45, 7) is 8.83. The number of ether oxygens (including phenoxy) is 5. The fourth-order valence-electron chi connectivity index (χ4n) is 7.80. The molecule has 2 saturated heterocycles. The summed E-state index contributed by atoms with van der Waals surface area (Å²) in [5.74, 6) is 1.71. The minimum absolute atomic E-state index is 0.0301. The van der Waals surface area contributed by atoms with E-state index in [0.717, 1.165) is 16.7 Å². The van der Waals surface area contributed by atoms with E-state index >= 15 is 0 Å². The molecule has 5 aromatic rings. The Bertz CT molecular complexity index is 2200. The smallest absolute Gasteiger partial charge is 0.259 e. The fourth-order valence-corrected chi connectivity index (χ4v) is 9.62. The lowest BCUT2D eigenvalue weighted by Gasteiger charge is -2.41. The van der Waals surface area contributed by atoms with Crippen molar-refractivity contribution in [2.45, 2.75) is 75.8 Å². The molecule has 2 aromatic heterocycles. The predicted octanol–water partition coefficient (Wildman–Crippen LogP) is 7.40. The van der Waals surface area contributed by atoms with Gasteiger partial charge in [0.15, 0.2) is 11.9 Å². The zero-order valence-electron chi connectivity index (χ0n) is 35.3. The summed E-state index contributed by atoms with van der Waals surface area (Å²) in [5.41, 5.74) is 1.42. The highest BCUT2D eigenvalue weighted by Gasteiger charge is 2.65. The Labute approximate surface area is 352 Å². The normalized spacial score (nSPS) is 20.7. The first-order chi connectivity index (χ1) is 29.0. The van der Waals surface area contributed by atoms with Gasteiger partial charge in [0.1, 0.15) is 40.4 Å². The zero-order chi connectivity index (χ0) is 42.4. The first kappa shape index (κ1) is 43.1. The number of hydrogen-bond acceptors (Lipinski definition) is 13. The summed E-state index contributed by atoms with van der Waals surface area (Å²) in [6.07, 6.45) is 3.13. The van der Waals surface area contributed by atoms with Crippen molar-refractivity contribution in [3.05, 3.63) is 108 Å². The van der Waals surface area contributed by atoms with Gasteiger partial charge in [-0.3, -0.25) is 4.57 Å². The molecule has 60 heavy (non-hydrogen) atoms. The lowest BCUT2D eigenvalue weighted by Crippen LogP contribution is -2.49. The summed E-state index contributed by atoms with van der Waals surface area (Å²) < 4.78 is 50.4. The summed E-state index contributed by atoms with van der Waals surface area (Å²) in [6, 6.07) is 28.3. The van der Waals surface area contributed by atoms with Gasteiger partial charge < -0.3 is 37.6 Å². The number of benzene rings is 3. The molecule has 3 aromatic carbocycles. The first-order valence-corrected chi connectivity index (χ1v) is 21.1. The molecular formula is C44H53N8O7P. The van der Waals surface area contributed by atoms with Gasteiger partial charge in [0.2, 0.25) is 0 Å². The molecule has 2 aliphatic rings. The van der Waals surface area contributed by atoms with Crippen LogP contribution in [0.2, 0.25) is 0 Å². The molecule has 0 spiro atoms. The Hall–Kier alpha value is -5.04. The predicted molar refractivity (Wildman–Crippen MR) is 228 cm³/mol. The van der Waals surface area contributed by atoms with Gasteiger partial charge in [-0.2, -0.15) is 10.2 Å². The molecule has 5 atom stereocenters. The van der Waals surface area contributed by atoms with E-state index in [9.17, 15) is 5.26 Å². The van der Waals surface area contributed by atoms with E-state index < -0.39 is 38.2 Å². The summed E-state index contributed by atoms with van der Waals surface area (Å²) >= 11 is 0. The number of fused-ring (bicyclic) bond motifs is 3. The maximum Gasteiger partial charge on any atom is 0.259 e. The molecule has 0 aliphatic carbocycles. The first-order valence-electron chi connectivity index (χ1n) is 20.0. The minimum atomic E-state index is -1.72. The van der Waals surface area contributed by atoms with Crippen molar-refractivity contribution < 1.29 is 32.7 Å². The van der Waals surface area contributed by atoms with E-state index in [-0.39, 0.29) is 44.3 Å². The third-order valence-corrected chi connectivity index (χ3v) is 12.6. The highest BCUT2D eigenvalue weighted by Crippen LogP contribution is 2.56. The molecule has 0 radical (unpaired) electrons. The number of aliphatic imine (C=N–C) groups is 1. The van der Waals surface area contributed by atoms with Crippen LogP contribution in [0.25, 0.3) is 11.2 Å². The lowest BCUT2D eigenvalue weighted by atomic mass is 9.79. The fraction of sp³-hybridized carbons (Fsp3) is 0.432. The van der Waals surface area contributed by atoms with Crippen LogP contribution in [0.5, 0.6) is 11.5 Å². The van der Waals surface area contributed by atoms with Crippen molar-refractivity contribution in [3.8, 4) is 17.6 Å². The molecule has 7 rings (SSSR count).